The molecule has 0 amide bonds. The van der Waals surface area contributed by atoms with Crippen molar-refractivity contribution in [2.24, 2.45) is 0 Å². The van der Waals surface area contributed by atoms with E-state index >= 15 is 0 Å². The lowest BCUT2D eigenvalue weighted by Crippen LogP contribution is -2.20. The van der Waals surface area contributed by atoms with Crippen LogP contribution < -0.4 is 4.65 Å². The van der Waals surface area contributed by atoms with E-state index in [4.69, 9.17) is 33.2 Å². The number of hydrogen-bond donors (Lipinski definition) is 2. The van der Waals surface area contributed by atoms with Crippen molar-refractivity contribution in [2.75, 3.05) is 0 Å². The van der Waals surface area contributed by atoms with Gasteiger partial charge in [0.15, 0.2) is 0 Å². The highest BCUT2D eigenvalue weighted by Crippen LogP contribution is 2.26. The van der Waals surface area contributed by atoms with E-state index < -0.39 is 7.32 Å². The second kappa shape index (κ2) is 4.43. The van der Waals surface area contributed by atoms with Crippen LogP contribution in [0, 0.1) is 0 Å². The Hall–Kier alpha value is -1.08. The van der Waals surface area contributed by atoms with Crippen LogP contribution in [-0.2, 0) is 0 Å². The van der Waals surface area contributed by atoms with Crippen molar-refractivity contribution in [3.8, 4) is 5.75 Å². The van der Waals surface area contributed by atoms with Gasteiger partial charge in [-0.25, -0.2) is 4.98 Å². The Morgan fingerprint density at radius 1 is 1.25 bits per heavy atom. The normalized spacial score (nSPS) is 10.5. The summed E-state index contributed by atoms with van der Waals surface area (Å²) >= 11 is 11.6. The SMILES string of the molecule is OB(O)Oc1cnc2cc(Cl)nc(Cl)c2c1. The third-order valence-electron chi connectivity index (χ3n) is 1.82. The molecule has 0 atom stereocenters. The van der Waals surface area contributed by atoms with Crippen molar-refractivity contribution in [2.45, 2.75) is 0 Å². The monoisotopic (exact) mass is 258 g/mol. The second-order valence-electron chi connectivity index (χ2n) is 2.92. The van der Waals surface area contributed by atoms with Crippen molar-refractivity contribution in [3.05, 3.63) is 28.6 Å². The molecule has 0 unspecified atom stereocenters. The Morgan fingerprint density at radius 2 is 2.00 bits per heavy atom. The summed E-state index contributed by atoms with van der Waals surface area (Å²) in [5.41, 5.74) is 0.546. The summed E-state index contributed by atoms with van der Waals surface area (Å²) in [6, 6.07) is 3.04. The highest BCUT2D eigenvalue weighted by molar-refractivity contribution is 6.36. The van der Waals surface area contributed by atoms with E-state index in [1.165, 1.54) is 12.3 Å². The lowest BCUT2D eigenvalue weighted by atomic mass is 10.2. The molecule has 0 radical (unpaired) electrons. The fraction of sp³-hybridized carbons (Fsp3) is 0. The first-order chi connectivity index (χ1) is 7.56. The predicted octanol–water partition coefficient (Wildman–Crippen LogP) is 1.28. The van der Waals surface area contributed by atoms with Gasteiger partial charge in [0.05, 0.1) is 11.7 Å². The predicted molar refractivity (Wildman–Crippen MR) is 60.4 cm³/mol. The number of pyridine rings is 2. The first-order valence-electron chi connectivity index (χ1n) is 4.21. The molecule has 0 aliphatic carbocycles. The molecule has 2 rings (SSSR count). The van der Waals surface area contributed by atoms with Crippen LogP contribution in [-0.4, -0.2) is 27.3 Å². The Bertz CT molecular complexity index is 538. The minimum absolute atomic E-state index is 0.174. The van der Waals surface area contributed by atoms with Gasteiger partial charge in [0, 0.05) is 11.5 Å². The third kappa shape index (κ3) is 2.36. The van der Waals surface area contributed by atoms with Gasteiger partial charge >= 0.3 is 7.32 Å². The first kappa shape index (κ1) is 11.4. The maximum absolute atomic E-state index is 8.63. The molecule has 0 aliphatic heterocycles. The molecule has 2 heterocycles. The minimum Gasteiger partial charge on any atom is -0.511 e. The standard InChI is InChI=1S/C8H5BCl2N2O3/c10-7-2-6-5(8(11)13-7)1-4(3-12-6)16-9(14)15/h1-3,14-15H. The number of nitrogens with zero attached hydrogens (tertiary/aromatic N) is 2. The summed E-state index contributed by atoms with van der Waals surface area (Å²) < 4.78 is 4.64. The minimum atomic E-state index is -1.90. The van der Waals surface area contributed by atoms with E-state index in [0.29, 0.717) is 10.9 Å². The molecule has 0 spiro atoms. The molecule has 82 valence electrons. The zero-order valence-electron chi connectivity index (χ0n) is 7.76. The van der Waals surface area contributed by atoms with Crippen molar-refractivity contribution < 1.29 is 14.7 Å². The average molecular weight is 259 g/mol. The zero-order valence-corrected chi connectivity index (χ0v) is 9.27. The number of hydrogen-bond acceptors (Lipinski definition) is 5. The first-order valence-corrected chi connectivity index (χ1v) is 4.96. The van der Waals surface area contributed by atoms with Crippen LogP contribution in [0.2, 0.25) is 10.3 Å². The average Bonchev–Trinajstić information content (AvgIpc) is 2.18. The molecule has 16 heavy (non-hydrogen) atoms. The molecule has 2 aromatic rings. The van der Waals surface area contributed by atoms with Gasteiger partial charge in [0.25, 0.3) is 0 Å². The molecule has 2 aromatic heterocycles. The Balaban J connectivity index is 2.53. The fourth-order valence-corrected chi connectivity index (χ4v) is 1.70. The summed E-state index contributed by atoms with van der Waals surface area (Å²) in [6.07, 6.45) is 1.33. The fourth-order valence-electron chi connectivity index (χ4n) is 1.22. The van der Waals surface area contributed by atoms with Gasteiger partial charge in [0.2, 0.25) is 0 Å². The highest BCUT2D eigenvalue weighted by atomic mass is 35.5. The zero-order chi connectivity index (χ0) is 11.7. The van der Waals surface area contributed by atoms with Crippen LogP contribution in [0.1, 0.15) is 0 Å². The molecule has 0 bridgehead atoms. The molecule has 0 saturated heterocycles. The molecule has 0 fully saturated rings. The summed E-state index contributed by atoms with van der Waals surface area (Å²) in [6.45, 7) is 0. The summed E-state index contributed by atoms with van der Waals surface area (Å²) in [5.74, 6) is 0.175. The van der Waals surface area contributed by atoms with Gasteiger partial charge in [-0.05, 0) is 6.07 Å². The van der Waals surface area contributed by atoms with Crippen molar-refractivity contribution in [1.29, 1.82) is 0 Å². The molecule has 0 saturated carbocycles. The molecular formula is C8H5BCl2N2O3. The van der Waals surface area contributed by atoms with Gasteiger partial charge in [-0.1, -0.05) is 23.2 Å². The summed E-state index contributed by atoms with van der Waals surface area (Å²) in [4.78, 5) is 7.83. The van der Waals surface area contributed by atoms with E-state index in [9.17, 15) is 0 Å². The van der Waals surface area contributed by atoms with Crippen molar-refractivity contribution >= 4 is 41.4 Å². The van der Waals surface area contributed by atoms with Gasteiger partial charge in [0.1, 0.15) is 16.1 Å². The summed E-state index contributed by atoms with van der Waals surface area (Å²) in [7, 11) is -1.90. The van der Waals surface area contributed by atoms with Crippen LogP contribution in [0.25, 0.3) is 10.9 Å². The third-order valence-corrected chi connectivity index (χ3v) is 2.30. The maximum Gasteiger partial charge on any atom is 0.707 e. The lowest BCUT2D eigenvalue weighted by molar-refractivity contribution is 0.288. The number of aromatic nitrogens is 2. The van der Waals surface area contributed by atoms with Crippen LogP contribution in [0.3, 0.4) is 0 Å². The van der Waals surface area contributed by atoms with E-state index in [1.807, 2.05) is 0 Å². The molecule has 8 heteroatoms. The van der Waals surface area contributed by atoms with Crippen molar-refractivity contribution in [3.63, 3.8) is 0 Å². The lowest BCUT2D eigenvalue weighted by Gasteiger charge is -2.06. The van der Waals surface area contributed by atoms with Crippen molar-refractivity contribution in [1.82, 2.24) is 9.97 Å². The molecule has 0 aliphatic rings. The van der Waals surface area contributed by atoms with Crippen LogP contribution in [0.5, 0.6) is 5.75 Å². The Kier molecular flexibility index (Phi) is 3.16. The van der Waals surface area contributed by atoms with E-state index in [2.05, 4.69) is 14.6 Å². The van der Waals surface area contributed by atoms with Gasteiger partial charge < -0.3 is 14.7 Å². The number of rotatable bonds is 2. The Morgan fingerprint density at radius 3 is 2.69 bits per heavy atom. The highest BCUT2D eigenvalue weighted by Gasteiger charge is 2.13. The second-order valence-corrected chi connectivity index (χ2v) is 3.66. The van der Waals surface area contributed by atoms with Gasteiger partial charge in [-0.3, -0.25) is 4.98 Å². The topological polar surface area (TPSA) is 75.5 Å². The Labute approximate surface area is 101 Å². The smallest absolute Gasteiger partial charge is 0.511 e. The number of halogens is 2. The van der Waals surface area contributed by atoms with E-state index in [0.717, 1.165) is 0 Å². The molecular weight excluding hydrogens is 254 g/mol. The van der Waals surface area contributed by atoms with Crippen LogP contribution >= 0.6 is 23.2 Å². The van der Waals surface area contributed by atoms with E-state index in [1.54, 1.807) is 6.07 Å². The molecule has 2 N–H and O–H groups in total. The molecule has 0 aromatic carbocycles. The van der Waals surface area contributed by atoms with Gasteiger partial charge in [-0.15, -0.1) is 0 Å². The summed E-state index contributed by atoms with van der Waals surface area (Å²) in [5, 5.41) is 18.2. The van der Waals surface area contributed by atoms with E-state index in [-0.39, 0.29) is 16.1 Å². The number of fused-ring (bicyclic) bond motifs is 1. The largest absolute Gasteiger partial charge is 0.707 e. The quantitative estimate of drug-likeness (QED) is 0.627. The molecule has 5 nitrogen and oxygen atoms in total. The van der Waals surface area contributed by atoms with Crippen LogP contribution in [0.15, 0.2) is 18.3 Å². The van der Waals surface area contributed by atoms with Crippen LogP contribution in [0.4, 0.5) is 0 Å². The van der Waals surface area contributed by atoms with Gasteiger partial charge in [-0.2, -0.15) is 0 Å². The maximum atomic E-state index is 8.63.